The predicted molar refractivity (Wildman–Crippen MR) is 49.2 cm³/mol. The molecule has 1 aliphatic heterocycles. The van der Waals surface area contributed by atoms with E-state index in [2.05, 4.69) is 0 Å². The second-order valence-electron chi connectivity index (χ2n) is 1.91. The van der Waals surface area contributed by atoms with Crippen molar-refractivity contribution in [3.63, 3.8) is 0 Å². The number of halogens is 1. The lowest BCUT2D eigenvalue weighted by Crippen LogP contribution is -2.33. The number of hydrogen-bond acceptors (Lipinski definition) is 2. The molecule has 1 aliphatic rings. The Morgan fingerprint density at radius 1 is 1.44 bits per heavy atom. The highest BCUT2D eigenvalue weighted by Crippen LogP contribution is 2.00. The average Bonchev–Trinajstić information content (AvgIpc) is 1.77. The largest absolute Gasteiger partial charge is 0.312 e. The molecule has 1 unspecified atom stereocenters. The van der Waals surface area contributed by atoms with E-state index in [0.717, 1.165) is 0 Å². The zero-order valence-electron chi connectivity index (χ0n) is 5.32. The van der Waals surface area contributed by atoms with Gasteiger partial charge in [-0.15, -0.1) is 24.0 Å². The van der Waals surface area contributed by atoms with E-state index >= 15 is 0 Å². The Balaban J connectivity index is 0.000000640. The Morgan fingerprint density at radius 3 is 2.44 bits per heavy atom. The van der Waals surface area contributed by atoms with Gasteiger partial charge in [0.05, 0.1) is 6.04 Å². The maximum Gasteiger partial charge on any atom is 0.0600 e. The summed E-state index contributed by atoms with van der Waals surface area (Å²) in [6.07, 6.45) is 7.80. The van der Waals surface area contributed by atoms with E-state index in [9.17, 15) is 0 Å². The number of allylic oxidation sites excluding steroid dienone is 2. The summed E-state index contributed by atoms with van der Waals surface area (Å²) in [5, 5.41) is 1.67. The molecule has 3 heteroatoms. The van der Waals surface area contributed by atoms with Crippen LogP contribution < -0.4 is 5.84 Å². The maximum atomic E-state index is 5.47. The Labute approximate surface area is 72.4 Å². The number of hydrazine groups is 1. The van der Waals surface area contributed by atoms with E-state index in [4.69, 9.17) is 5.84 Å². The van der Waals surface area contributed by atoms with Gasteiger partial charge in [0.1, 0.15) is 0 Å². The fraction of sp³-hybridized carbons (Fsp3) is 0.333. The monoisotopic (exact) mass is 238 g/mol. The first kappa shape index (κ1) is 8.97. The third-order valence-electron chi connectivity index (χ3n) is 1.23. The van der Waals surface area contributed by atoms with E-state index in [1.54, 1.807) is 5.01 Å². The maximum absolute atomic E-state index is 5.47. The van der Waals surface area contributed by atoms with Crippen molar-refractivity contribution in [2.45, 2.75) is 13.0 Å². The van der Waals surface area contributed by atoms with Gasteiger partial charge in [0.15, 0.2) is 0 Å². The number of nitrogens with two attached hydrogens (primary N) is 1. The molecule has 0 spiro atoms. The molecule has 0 aromatic heterocycles. The average molecular weight is 238 g/mol. The summed E-state index contributed by atoms with van der Waals surface area (Å²) in [5.74, 6) is 5.47. The van der Waals surface area contributed by atoms with Gasteiger partial charge in [0, 0.05) is 6.20 Å². The molecule has 0 radical (unpaired) electrons. The molecule has 2 N–H and O–H groups in total. The summed E-state index contributed by atoms with van der Waals surface area (Å²) in [7, 11) is 0. The van der Waals surface area contributed by atoms with Gasteiger partial charge in [-0.05, 0) is 13.0 Å². The van der Waals surface area contributed by atoms with E-state index in [1.165, 1.54) is 0 Å². The third-order valence-corrected chi connectivity index (χ3v) is 1.23. The Morgan fingerprint density at radius 2 is 2.11 bits per heavy atom. The predicted octanol–water partition coefficient (Wildman–Crippen LogP) is 1.25. The lowest BCUT2D eigenvalue weighted by Gasteiger charge is -2.20. The molecule has 1 rings (SSSR count). The molecule has 0 bridgehead atoms. The molecule has 2 nitrogen and oxygen atoms in total. The van der Waals surface area contributed by atoms with Crippen molar-refractivity contribution in [2.24, 2.45) is 5.84 Å². The summed E-state index contributed by atoms with van der Waals surface area (Å²) in [6.45, 7) is 2.04. The van der Waals surface area contributed by atoms with Gasteiger partial charge in [-0.2, -0.15) is 0 Å². The van der Waals surface area contributed by atoms with Crippen molar-refractivity contribution in [1.29, 1.82) is 0 Å². The van der Waals surface area contributed by atoms with Crippen LogP contribution in [0.1, 0.15) is 6.92 Å². The van der Waals surface area contributed by atoms with Crippen molar-refractivity contribution in [3.8, 4) is 0 Å². The van der Waals surface area contributed by atoms with Crippen molar-refractivity contribution in [1.82, 2.24) is 5.01 Å². The lowest BCUT2D eigenvalue weighted by molar-refractivity contribution is 0.346. The third kappa shape index (κ3) is 2.36. The lowest BCUT2D eigenvalue weighted by atomic mass is 10.2. The Bertz CT molecular complexity index is 115. The van der Waals surface area contributed by atoms with Gasteiger partial charge in [-0.1, -0.05) is 12.2 Å². The SMILES string of the molecule is CC1C=CC=CN1N.I. The zero-order valence-corrected chi connectivity index (χ0v) is 7.65. The molecule has 0 fully saturated rings. The zero-order chi connectivity index (χ0) is 5.98. The Kier molecular flexibility index (Phi) is 3.88. The number of nitrogens with zero attached hydrogens (tertiary/aromatic N) is 1. The molecule has 0 aliphatic carbocycles. The molecule has 0 aromatic rings. The van der Waals surface area contributed by atoms with E-state index in [0.29, 0.717) is 6.04 Å². The fourth-order valence-corrected chi connectivity index (χ4v) is 0.609. The molecule has 1 atom stereocenters. The van der Waals surface area contributed by atoms with Crippen molar-refractivity contribution in [3.05, 3.63) is 24.4 Å². The first-order chi connectivity index (χ1) is 3.80. The van der Waals surface area contributed by atoms with Crippen molar-refractivity contribution >= 4 is 24.0 Å². The second kappa shape index (κ2) is 3.90. The van der Waals surface area contributed by atoms with Crippen LogP contribution >= 0.6 is 24.0 Å². The van der Waals surface area contributed by atoms with E-state index < -0.39 is 0 Å². The van der Waals surface area contributed by atoms with Gasteiger partial charge in [0.25, 0.3) is 0 Å². The summed E-state index contributed by atoms with van der Waals surface area (Å²) < 4.78 is 0. The first-order valence-electron chi connectivity index (χ1n) is 2.69. The smallest absolute Gasteiger partial charge is 0.0600 e. The van der Waals surface area contributed by atoms with Crippen LogP contribution in [0, 0.1) is 0 Å². The Hall–Kier alpha value is -0.0300. The van der Waals surface area contributed by atoms with Crippen molar-refractivity contribution < 1.29 is 0 Å². The van der Waals surface area contributed by atoms with Gasteiger partial charge in [-0.3, -0.25) is 0 Å². The van der Waals surface area contributed by atoms with Crippen LogP contribution in [-0.4, -0.2) is 11.1 Å². The molecule has 52 valence electrons. The normalized spacial score (nSPS) is 23.8. The molecular weight excluding hydrogens is 227 g/mol. The van der Waals surface area contributed by atoms with E-state index in [-0.39, 0.29) is 24.0 Å². The second-order valence-corrected chi connectivity index (χ2v) is 1.91. The van der Waals surface area contributed by atoms with Crippen LogP contribution in [0.4, 0.5) is 0 Å². The van der Waals surface area contributed by atoms with Gasteiger partial charge in [0.2, 0.25) is 0 Å². The molecule has 1 heterocycles. The summed E-state index contributed by atoms with van der Waals surface area (Å²) >= 11 is 0. The van der Waals surface area contributed by atoms with Crippen LogP contribution in [0.25, 0.3) is 0 Å². The minimum absolute atomic E-state index is 0. The summed E-state index contributed by atoms with van der Waals surface area (Å²) in [5.41, 5.74) is 0. The number of rotatable bonds is 0. The van der Waals surface area contributed by atoms with Crippen LogP contribution in [0.3, 0.4) is 0 Å². The van der Waals surface area contributed by atoms with Gasteiger partial charge in [-0.25, -0.2) is 5.84 Å². The minimum atomic E-state index is 0. The van der Waals surface area contributed by atoms with Crippen LogP contribution in [0.15, 0.2) is 24.4 Å². The molecule has 0 saturated heterocycles. The van der Waals surface area contributed by atoms with E-state index in [1.807, 2.05) is 31.4 Å². The quantitative estimate of drug-likeness (QED) is 0.508. The first-order valence-corrected chi connectivity index (χ1v) is 2.69. The molecular formula is C6H11IN2. The fourth-order valence-electron chi connectivity index (χ4n) is 0.609. The number of hydrogen-bond donors (Lipinski definition) is 1. The minimum Gasteiger partial charge on any atom is -0.312 e. The van der Waals surface area contributed by atoms with Crippen LogP contribution in [0.5, 0.6) is 0 Å². The van der Waals surface area contributed by atoms with Gasteiger partial charge >= 0.3 is 0 Å². The topological polar surface area (TPSA) is 29.3 Å². The molecule has 0 saturated carbocycles. The molecule has 0 aromatic carbocycles. The summed E-state index contributed by atoms with van der Waals surface area (Å²) in [4.78, 5) is 0. The molecule has 0 amide bonds. The highest BCUT2D eigenvalue weighted by Gasteiger charge is 2.01. The highest BCUT2D eigenvalue weighted by atomic mass is 127. The standard InChI is InChI=1S/C6H10N2.HI/c1-6-4-2-3-5-8(6)7;/h2-6H,7H2,1H3;1H. The van der Waals surface area contributed by atoms with Crippen LogP contribution in [-0.2, 0) is 0 Å². The summed E-state index contributed by atoms with van der Waals surface area (Å²) in [6, 6.07) is 0.347. The van der Waals surface area contributed by atoms with Gasteiger partial charge < -0.3 is 5.01 Å². The molecule has 9 heavy (non-hydrogen) atoms. The highest BCUT2D eigenvalue weighted by molar-refractivity contribution is 14.0. The van der Waals surface area contributed by atoms with Crippen LogP contribution in [0.2, 0.25) is 0 Å². The van der Waals surface area contributed by atoms with Crippen molar-refractivity contribution in [2.75, 3.05) is 0 Å².